The predicted octanol–water partition coefficient (Wildman–Crippen LogP) is 6.12. The molecule has 0 saturated heterocycles. The summed E-state index contributed by atoms with van der Waals surface area (Å²) < 4.78 is 11.7. The van der Waals surface area contributed by atoms with Crippen LogP contribution in [0.15, 0.2) is 102 Å². The molecule has 0 spiro atoms. The van der Waals surface area contributed by atoms with Gasteiger partial charge in [0.05, 0.1) is 27.9 Å². The van der Waals surface area contributed by atoms with Crippen molar-refractivity contribution in [2.75, 3.05) is 0 Å². The van der Waals surface area contributed by atoms with E-state index in [0.717, 1.165) is 16.6 Å². The summed E-state index contributed by atoms with van der Waals surface area (Å²) in [5.41, 5.74) is 13.3. The van der Waals surface area contributed by atoms with Gasteiger partial charge in [0.25, 0.3) is 6.71 Å². The van der Waals surface area contributed by atoms with Crippen molar-refractivity contribution >= 4 is 73.1 Å². The van der Waals surface area contributed by atoms with Crippen molar-refractivity contribution in [2.45, 2.75) is 6.92 Å². The van der Waals surface area contributed by atoms with Crippen LogP contribution < -0.4 is 16.6 Å². The van der Waals surface area contributed by atoms with Crippen LogP contribution in [0.25, 0.3) is 61.1 Å². The molecule has 2 aliphatic rings. The maximum absolute atomic E-state index is 6.78. The number of fused-ring (bicyclic) bond motifs is 11. The fraction of sp³-hybridized carbons (Fsp3) is 0.0303. The molecule has 0 radical (unpaired) electrons. The molecule has 0 amide bonds. The molecule has 9 rings (SSSR count). The van der Waals surface area contributed by atoms with Gasteiger partial charge in [-0.2, -0.15) is 0 Å². The minimum absolute atomic E-state index is 0.0275. The average molecular weight is 472 g/mol. The molecule has 0 unspecified atom stereocenters. The molecule has 7 aromatic rings. The van der Waals surface area contributed by atoms with Crippen LogP contribution >= 0.6 is 0 Å². The molecule has 0 saturated carbocycles. The minimum Gasteiger partial charge on any atom is -0.468 e. The van der Waals surface area contributed by atoms with Gasteiger partial charge in [0, 0.05) is 32.9 Å². The van der Waals surface area contributed by atoms with Crippen LogP contribution in [0.3, 0.4) is 0 Å². The molecule has 37 heavy (non-hydrogen) atoms. The Morgan fingerprint density at radius 1 is 0.811 bits per heavy atom. The third-order valence-corrected chi connectivity index (χ3v) is 8.47. The highest BCUT2D eigenvalue weighted by Crippen LogP contribution is 2.42. The van der Waals surface area contributed by atoms with Gasteiger partial charge in [0.15, 0.2) is 0 Å². The number of hydrogen-bond donors (Lipinski definition) is 0. The van der Waals surface area contributed by atoms with Crippen LogP contribution in [-0.4, -0.2) is 15.8 Å². The number of hydrogen-bond acceptors (Lipinski definition) is 1. The Morgan fingerprint density at radius 3 is 2.46 bits per heavy atom. The zero-order valence-corrected chi connectivity index (χ0v) is 20.3. The van der Waals surface area contributed by atoms with E-state index in [0.29, 0.717) is 0 Å². The Hall–Kier alpha value is -4.70. The second-order valence-corrected chi connectivity index (χ2v) is 10.2. The smallest absolute Gasteiger partial charge is 0.297 e. The van der Waals surface area contributed by atoms with Crippen LogP contribution in [0.1, 0.15) is 11.3 Å². The molecule has 4 aromatic carbocycles. The fourth-order valence-corrected chi connectivity index (χ4v) is 7.05. The lowest BCUT2D eigenvalue weighted by molar-refractivity contribution is 0.649. The van der Waals surface area contributed by atoms with E-state index in [2.05, 4.69) is 108 Å². The van der Waals surface area contributed by atoms with Crippen LogP contribution in [0.2, 0.25) is 0 Å². The second-order valence-electron chi connectivity index (χ2n) is 10.2. The van der Waals surface area contributed by atoms with Gasteiger partial charge in [-0.25, -0.2) is 0 Å². The maximum atomic E-state index is 6.78. The van der Waals surface area contributed by atoms with Gasteiger partial charge in [-0.15, -0.1) is 0 Å². The van der Waals surface area contributed by atoms with Gasteiger partial charge in [0.1, 0.15) is 5.58 Å². The summed E-state index contributed by atoms with van der Waals surface area (Å²) in [4.78, 5) is 0. The maximum Gasteiger partial charge on any atom is 0.297 e. The molecular weight excluding hydrogens is 451 g/mol. The van der Waals surface area contributed by atoms with Gasteiger partial charge in [-0.05, 0) is 59.8 Å². The van der Waals surface area contributed by atoms with Crippen molar-refractivity contribution in [1.29, 1.82) is 0 Å². The third kappa shape index (κ3) is 2.13. The summed E-state index contributed by atoms with van der Waals surface area (Å²) in [6, 6.07) is 28.5. The number of aromatic nitrogens is 2. The lowest BCUT2D eigenvalue weighted by Gasteiger charge is -2.30. The zero-order valence-electron chi connectivity index (χ0n) is 20.3. The molecular formula is C33H21BN2O. The van der Waals surface area contributed by atoms with Gasteiger partial charge in [0.2, 0.25) is 0 Å². The molecule has 0 bridgehead atoms. The summed E-state index contributed by atoms with van der Waals surface area (Å²) >= 11 is 0. The van der Waals surface area contributed by atoms with Crippen molar-refractivity contribution < 1.29 is 4.42 Å². The van der Waals surface area contributed by atoms with Crippen LogP contribution in [-0.2, 0) is 0 Å². The number of rotatable bonds is 2. The lowest BCUT2D eigenvalue weighted by Crippen LogP contribution is -2.58. The number of aryl methyl sites for hydroxylation is 1. The van der Waals surface area contributed by atoms with Crippen LogP contribution in [0.5, 0.6) is 0 Å². The summed E-state index contributed by atoms with van der Waals surface area (Å²) in [5.74, 6) is 0. The molecule has 3 nitrogen and oxygen atoms in total. The quantitative estimate of drug-likeness (QED) is 0.220. The van der Waals surface area contributed by atoms with E-state index in [1.54, 1.807) is 0 Å². The van der Waals surface area contributed by atoms with E-state index in [9.17, 15) is 0 Å². The van der Waals surface area contributed by atoms with Gasteiger partial charge in [-0.3, -0.25) is 0 Å². The zero-order chi connectivity index (χ0) is 24.4. The van der Waals surface area contributed by atoms with Crippen LogP contribution in [0.4, 0.5) is 0 Å². The Labute approximate surface area is 213 Å². The van der Waals surface area contributed by atoms with E-state index in [-0.39, 0.29) is 6.71 Å². The van der Waals surface area contributed by atoms with Gasteiger partial charge < -0.3 is 13.6 Å². The third-order valence-electron chi connectivity index (χ3n) is 8.47. The fourth-order valence-electron chi connectivity index (χ4n) is 7.05. The Kier molecular flexibility index (Phi) is 3.44. The highest BCUT2D eigenvalue weighted by Gasteiger charge is 2.44. The molecule has 4 heteroatoms. The van der Waals surface area contributed by atoms with E-state index in [1.165, 1.54) is 66.3 Å². The van der Waals surface area contributed by atoms with E-state index in [4.69, 9.17) is 4.42 Å². The highest BCUT2D eigenvalue weighted by atomic mass is 16.3. The number of furan rings is 1. The molecule has 2 aliphatic heterocycles. The summed E-state index contributed by atoms with van der Waals surface area (Å²) in [7, 11) is 0. The molecule has 0 fully saturated rings. The largest absolute Gasteiger partial charge is 0.468 e. The van der Waals surface area contributed by atoms with Crippen molar-refractivity contribution in [3.05, 3.63) is 109 Å². The number of para-hydroxylation sites is 3. The van der Waals surface area contributed by atoms with E-state index < -0.39 is 0 Å². The standard InChI is InChI=1S/C33H21BN2O/c1-3-4-14-25-19(2)22-18-23-20-11-5-8-15-26(20)36-31(23)29-30(22)35(25)27-16-9-7-13-24(27)34(29)33-32(36)21-12-6-10-17-28(21)37-33/h3-18H,1H2,2H3/b14-4-. The van der Waals surface area contributed by atoms with E-state index in [1.807, 2.05) is 12.2 Å². The van der Waals surface area contributed by atoms with Crippen molar-refractivity contribution in [1.82, 2.24) is 9.13 Å². The predicted molar refractivity (Wildman–Crippen MR) is 156 cm³/mol. The van der Waals surface area contributed by atoms with E-state index >= 15 is 0 Å². The van der Waals surface area contributed by atoms with Crippen LogP contribution in [0, 0.1) is 6.92 Å². The first-order valence-electron chi connectivity index (χ1n) is 12.8. The number of allylic oxidation sites excluding steroid dienone is 2. The molecule has 0 N–H and O–H groups in total. The van der Waals surface area contributed by atoms with Gasteiger partial charge in [-0.1, -0.05) is 67.3 Å². The first kappa shape index (κ1) is 19.5. The highest BCUT2D eigenvalue weighted by molar-refractivity contribution is 7.00. The Bertz CT molecular complexity index is 2190. The molecule has 0 aliphatic carbocycles. The second kappa shape index (κ2) is 6.54. The molecule has 0 atom stereocenters. The topological polar surface area (TPSA) is 23.0 Å². The molecule has 3 aromatic heterocycles. The SMILES string of the molecule is C=C/C=C\c1c(C)c2cc3c4ccccc4n4c3c3c2n1-c1ccccc1B3c1oc2ccccc2c1-4. The lowest BCUT2D eigenvalue weighted by atomic mass is 9.36. The minimum atomic E-state index is 0.0275. The summed E-state index contributed by atoms with van der Waals surface area (Å²) in [6.45, 7) is 6.20. The van der Waals surface area contributed by atoms with Crippen molar-refractivity contribution in [3.8, 4) is 11.4 Å². The van der Waals surface area contributed by atoms with Crippen molar-refractivity contribution in [2.24, 2.45) is 0 Å². The Balaban J connectivity index is 1.63. The number of benzene rings is 4. The summed E-state index contributed by atoms with van der Waals surface area (Å²) in [5, 5.41) is 5.04. The molecule has 172 valence electrons. The first-order chi connectivity index (χ1) is 18.3. The Morgan fingerprint density at radius 2 is 1.57 bits per heavy atom. The van der Waals surface area contributed by atoms with Gasteiger partial charge >= 0.3 is 0 Å². The average Bonchev–Trinajstić information content (AvgIpc) is 3.57. The first-order valence-corrected chi connectivity index (χ1v) is 12.8. The normalized spacial score (nSPS) is 13.5. The summed E-state index contributed by atoms with van der Waals surface area (Å²) in [6.07, 6.45) is 6.08. The van der Waals surface area contributed by atoms with Crippen molar-refractivity contribution in [3.63, 3.8) is 0 Å². The monoisotopic (exact) mass is 472 g/mol. The molecule has 5 heterocycles. The number of nitrogens with zero attached hydrogens (tertiary/aromatic N) is 2.